The second kappa shape index (κ2) is 11.0. The van der Waals surface area contributed by atoms with E-state index in [1.54, 1.807) is 52.8 Å². The van der Waals surface area contributed by atoms with Gasteiger partial charge in [0, 0.05) is 23.9 Å². The summed E-state index contributed by atoms with van der Waals surface area (Å²) >= 11 is 2.46. The van der Waals surface area contributed by atoms with E-state index in [-0.39, 0.29) is 30.2 Å². The SMILES string of the molecule is CC(C)(C)OC(=O)NCCC(=O)Nc1ccc(/C=c2\s/c(=C/C(=O)C(C)(C)n3cncn3)[nH]c2=O)s1. The number of carbonyl (C=O) groups excluding carboxylic acids is 3. The summed E-state index contributed by atoms with van der Waals surface area (Å²) in [7, 11) is 0. The molecule has 0 saturated heterocycles. The molecule has 0 bridgehead atoms. The van der Waals surface area contributed by atoms with Crippen LogP contribution in [0.2, 0.25) is 0 Å². The van der Waals surface area contributed by atoms with Crippen LogP contribution in [-0.2, 0) is 19.9 Å². The average molecular weight is 533 g/mol. The molecule has 11 nitrogen and oxygen atoms in total. The van der Waals surface area contributed by atoms with E-state index in [0.29, 0.717) is 14.2 Å². The Morgan fingerprint density at radius 1 is 1.17 bits per heavy atom. The van der Waals surface area contributed by atoms with Crippen molar-refractivity contribution in [3.05, 3.63) is 49.2 Å². The van der Waals surface area contributed by atoms with Crippen molar-refractivity contribution in [1.82, 2.24) is 25.1 Å². The molecule has 3 aromatic rings. The normalized spacial score (nSPS) is 13.0. The number of Topliss-reactive ketones (excluding diaryl/α,β-unsaturated/α-hetero) is 1. The van der Waals surface area contributed by atoms with Gasteiger partial charge in [-0.15, -0.1) is 22.7 Å². The Morgan fingerprint density at radius 2 is 1.92 bits per heavy atom. The van der Waals surface area contributed by atoms with Crippen LogP contribution in [-0.4, -0.2) is 49.7 Å². The van der Waals surface area contributed by atoms with Crippen molar-refractivity contribution < 1.29 is 19.1 Å². The molecule has 0 unspecified atom stereocenters. The first-order chi connectivity index (χ1) is 16.8. The highest BCUT2D eigenvalue weighted by molar-refractivity contribution is 7.17. The summed E-state index contributed by atoms with van der Waals surface area (Å²) in [6.45, 7) is 8.85. The number of anilines is 1. The van der Waals surface area contributed by atoms with Crippen LogP contribution < -0.4 is 25.4 Å². The largest absolute Gasteiger partial charge is 0.444 e. The van der Waals surface area contributed by atoms with Gasteiger partial charge in [-0.05, 0) is 52.8 Å². The molecule has 0 aliphatic carbocycles. The van der Waals surface area contributed by atoms with Crippen molar-refractivity contribution in [2.45, 2.75) is 52.2 Å². The number of carbonyl (C=O) groups is 3. The van der Waals surface area contributed by atoms with Gasteiger partial charge in [0.15, 0.2) is 5.78 Å². The van der Waals surface area contributed by atoms with Gasteiger partial charge in [-0.3, -0.25) is 14.4 Å². The number of thiazole rings is 1. The quantitative estimate of drug-likeness (QED) is 0.399. The first-order valence-electron chi connectivity index (χ1n) is 11.0. The molecule has 3 aromatic heterocycles. The van der Waals surface area contributed by atoms with Gasteiger partial charge in [0.05, 0.1) is 14.2 Å². The number of H-pyrrole nitrogens is 1. The maximum Gasteiger partial charge on any atom is 0.407 e. The smallest absolute Gasteiger partial charge is 0.407 e. The lowest BCUT2D eigenvalue weighted by Gasteiger charge is -2.20. The second-order valence-electron chi connectivity index (χ2n) is 9.27. The third kappa shape index (κ3) is 7.46. The molecule has 0 spiro atoms. The van der Waals surface area contributed by atoms with Crippen LogP contribution in [0.5, 0.6) is 0 Å². The second-order valence-corrected chi connectivity index (χ2v) is 11.5. The van der Waals surface area contributed by atoms with Crippen molar-refractivity contribution in [2.24, 2.45) is 0 Å². The Kier molecular flexibility index (Phi) is 8.25. The molecule has 0 radical (unpaired) electrons. The predicted octanol–water partition coefficient (Wildman–Crippen LogP) is 1.56. The first kappa shape index (κ1) is 27.0. The van der Waals surface area contributed by atoms with Crippen LogP contribution in [0.15, 0.2) is 29.6 Å². The zero-order valence-corrected chi connectivity index (χ0v) is 22.2. The van der Waals surface area contributed by atoms with E-state index in [4.69, 9.17) is 4.74 Å². The number of ketones is 1. The lowest BCUT2D eigenvalue weighted by Crippen LogP contribution is -2.36. The maximum atomic E-state index is 12.8. The van der Waals surface area contributed by atoms with E-state index in [2.05, 4.69) is 25.7 Å². The monoisotopic (exact) mass is 532 g/mol. The molecule has 0 aliphatic heterocycles. The van der Waals surface area contributed by atoms with Crippen molar-refractivity contribution in [2.75, 3.05) is 11.9 Å². The van der Waals surface area contributed by atoms with Gasteiger partial charge in [0.25, 0.3) is 5.56 Å². The minimum atomic E-state index is -0.954. The molecular formula is C23H28N6O5S2. The fourth-order valence-corrected chi connectivity index (χ4v) is 4.67. The molecule has 3 heterocycles. The number of rotatable bonds is 8. The summed E-state index contributed by atoms with van der Waals surface area (Å²) in [5, 5.41) is 9.93. The zero-order valence-electron chi connectivity index (χ0n) is 20.6. The molecule has 0 aromatic carbocycles. The van der Waals surface area contributed by atoms with Gasteiger partial charge in [0.1, 0.15) is 23.8 Å². The minimum Gasteiger partial charge on any atom is -0.444 e. The summed E-state index contributed by atoms with van der Waals surface area (Å²) in [5.41, 5.74) is -1.88. The number of aromatic nitrogens is 4. The van der Waals surface area contributed by atoms with E-state index in [0.717, 1.165) is 16.2 Å². The lowest BCUT2D eigenvalue weighted by molar-refractivity contribution is -0.120. The predicted molar refractivity (Wildman–Crippen MR) is 138 cm³/mol. The minimum absolute atomic E-state index is 0.0823. The summed E-state index contributed by atoms with van der Waals surface area (Å²) in [6.07, 6.45) is 5.40. The van der Waals surface area contributed by atoms with Crippen LogP contribution in [0, 0.1) is 0 Å². The highest BCUT2D eigenvalue weighted by atomic mass is 32.1. The highest BCUT2D eigenvalue weighted by Crippen LogP contribution is 2.22. The van der Waals surface area contributed by atoms with Crippen LogP contribution >= 0.6 is 22.7 Å². The Bertz CT molecular complexity index is 1410. The fourth-order valence-electron chi connectivity index (χ4n) is 2.85. The maximum absolute atomic E-state index is 12.8. The molecule has 3 N–H and O–H groups in total. The number of hydrogen-bond acceptors (Lipinski definition) is 9. The van der Waals surface area contributed by atoms with E-state index in [9.17, 15) is 19.2 Å². The van der Waals surface area contributed by atoms with Crippen LogP contribution in [0.4, 0.5) is 9.80 Å². The van der Waals surface area contributed by atoms with Crippen LogP contribution in [0.25, 0.3) is 12.2 Å². The third-order valence-electron chi connectivity index (χ3n) is 4.72. The number of amides is 2. The Hall–Kier alpha value is -3.58. The average Bonchev–Trinajstić information content (AvgIpc) is 3.50. The van der Waals surface area contributed by atoms with Crippen LogP contribution in [0.1, 0.15) is 45.9 Å². The van der Waals surface area contributed by atoms with E-state index < -0.39 is 17.2 Å². The Morgan fingerprint density at radius 3 is 2.58 bits per heavy atom. The number of thiophene rings is 1. The van der Waals surface area contributed by atoms with E-state index >= 15 is 0 Å². The van der Waals surface area contributed by atoms with Gasteiger partial charge in [0.2, 0.25) is 5.91 Å². The molecule has 0 atom stereocenters. The molecule has 13 heteroatoms. The molecule has 0 saturated carbocycles. The molecular weight excluding hydrogens is 504 g/mol. The summed E-state index contributed by atoms with van der Waals surface area (Å²) in [6, 6.07) is 3.51. The lowest BCUT2D eigenvalue weighted by atomic mass is 10.00. The first-order valence-corrected chi connectivity index (χ1v) is 12.7. The molecule has 192 valence electrons. The molecule has 2 amide bonds. The molecule has 0 aliphatic rings. The zero-order chi connectivity index (χ0) is 26.5. The number of nitrogens with zero attached hydrogens (tertiary/aromatic N) is 3. The van der Waals surface area contributed by atoms with Gasteiger partial charge in [-0.25, -0.2) is 14.5 Å². The number of alkyl carbamates (subject to hydrolysis) is 1. The molecule has 36 heavy (non-hydrogen) atoms. The van der Waals surface area contributed by atoms with Crippen molar-refractivity contribution >= 4 is 57.6 Å². The van der Waals surface area contributed by atoms with Gasteiger partial charge in [-0.1, -0.05) is 0 Å². The summed E-state index contributed by atoms with van der Waals surface area (Å²) in [4.78, 5) is 56.3. The van der Waals surface area contributed by atoms with Gasteiger partial charge in [-0.2, -0.15) is 5.10 Å². The van der Waals surface area contributed by atoms with Crippen molar-refractivity contribution in [3.8, 4) is 0 Å². The van der Waals surface area contributed by atoms with Crippen molar-refractivity contribution in [3.63, 3.8) is 0 Å². The van der Waals surface area contributed by atoms with E-state index in [1.165, 1.54) is 34.7 Å². The summed E-state index contributed by atoms with van der Waals surface area (Å²) < 4.78 is 7.43. The Balaban J connectivity index is 1.63. The number of aromatic amines is 1. The molecule has 3 rings (SSSR count). The highest BCUT2D eigenvalue weighted by Gasteiger charge is 2.28. The number of hydrogen-bond donors (Lipinski definition) is 3. The summed E-state index contributed by atoms with van der Waals surface area (Å²) in [5.74, 6) is -0.502. The molecule has 0 fully saturated rings. The number of ether oxygens (including phenoxy) is 1. The third-order valence-corrected chi connectivity index (χ3v) is 6.63. The van der Waals surface area contributed by atoms with E-state index in [1.807, 2.05) is 0 Å². The van der Waals surface area contributed by atoms with Crippen LogP contribution in [0.3, 0.4) is 0 Å². The Labute approximate surface area is 214 Å². The number of nitrogens with one attached hydrogen (secondary N) is 3. The standard InChI is InChI=1S/C23H28N6O5S2/c1-22(2,3)34-21(33)25-9-8-17(31)27-18-7-6-14(35-18)10-15-20(32)28-19(36-15)11-16(30)23(4,5)29-13-24-12-26-29/h6-7,10-13H,8-9H2,1-5H3,(H,25,33)(H,27,31)(H,28,32)/b15-10-,19-11+. The van der Waals surface area contributed by atoms with Gasteiger partial charge < -0.3 is 20.4 Å². The fraction of sp³-hybridized carbons (Fsp3) is 0.391. The topological polar surface area (TPSA) is 148 Å². The van der Waals surface area contributed by atoms with Gasteiger partial charge >= 0.3 is 6.09 Å². The van der Waals surface area contributed by atoms with Crippen molar-refractivity contribution in [1.29, 1.82) is 0 Å².